The molecule has 11 heteroatoms. The van der Waals surface area contributed by atoms with Gasteiger partial charge in [0.1, 0.15) is 11.6 Å². The van der Waals surface area contributed by atoms with E-state index in [9.17, 15) is 32.3 Å². The highest BCUT2D eigenvalue weighted by molar-refractivity contribution is 5.93. The third-order valence-corrected chi connectivity index (χ3v) is 5.16. The van der Waals surface area contributed by atoms with Crippen LogP contribution < -0.4 is 10.2 Å². The van der Waals surface area contributed by atoms with E-state index in [0.717, 1.165) is 12.3 Å². The second-order valence-corrected chi connectivity index (χ2v) is 7.48. The zero-order valence-corrected chi connectivity index (χ0v) is 17.0. The molecule has 1 atom stereocenters. The second-order valence-electron chi connectivity index (χ2n) is 7.48. The normalized spacial score (nSPS) is 15.9. The van der Waals surface area contributed by atoms with Gasteiger partial charge in [-0.2, -0.15) is 13.2 Å². The number of nitrogens with one attached hydrogen (secondary N) is 1. The van der Waals surface area contributed by atoms with Gasteiger partial charge >= 0.3 is 12.1 Å². The number of carbonyl (C=O) groups excluding carboxylic acids is 1. The predicted octanol–water partition coefficient (Wildman–Crippen LogP) is 3.09. The summed E-state index contributed by atoms with van der Waals surface area (Å²) in [6, 6.07) is 7.45. The van der Waals surface area contributed by atoms with Crippen molar-refractivity contribution < 1.29 is 32.3 Å². The van der Waals surface area contributed by atoms with Crippen molar-refractivity contribution in [3.05, 3.63) is 54.0 Å². The molecule has 7 nitrogen and oxygen atoms in total. The minimum absolute atomic E-state index is 0.153. The van der Waals surface area contributed by atoms with Crippen molar-refractivity contribution in [2.75, 3.05) is 42.9 Å². The SMILES string of the molecule is O=C(CC(CN1CCN(c2ccc(C(F)(F)F)cn2)CC1)C(=O)O)Nc1ccc(F)cc1. The summed E-state index contributed by atoms with van der Waals surface area (Å²) >= 11 is 0. The lowest BCUT2D eigenvalue weighted by Gasteiger charge is -2.36. The van der Waals surface area contributed by atoms with Crippen LogP contribution in [0.4, 0.5) is 29.1 Å². The molecule has 1 aliphatic rings. The average Bonchev–Trinajstić information content (AvgIpc) is 2.75. The molecule has 0 bridgehead atoms. The van der Waals surface area contributed by atoms with Crippen LogP contribution in [0.1, 0.15) is 12.0 Å². The number of hydrogen-bond acceptors (Lipinski definition) is 5. The zero-order chi connectivity index (χ0) is 23.3. The lowest BCUT2D eigenvalue weighted by molar-refractivity contribution is -0.144. The van der Waals surface area contributed by atoms with Crippen molar-refractivity contribution in [3.8, 4) is 0 Å². The van der Waals surface area contributed by atoms with Gasteiger partial charge in [-0.05, 0) is 36.4 Å². The van der Waals surface area contributed by atoms with Gasteiger partial charge in [-0.3, -0.25) is 14.5 Å². The lowest BCUT2D eigenvalue weighted by Crippen LogP contribution is -2.49. The number of carboxylic acid groups (broad SMARTS) is 1. The van der Waals surface area contributed by atoms with Crippen LogP contribution in [0.5, 0.6) is 0 Å². The fraction of sp³-hybridized carbons (Fsp3) is 0.381. The number of hydrogen-bond donors (Lipinski definition) is 2. The van der Waals surface area contributed by atoms with E-state index < -0.39 is 35.4 Å². The number of halogens is 4. The highest BCUT2D eigenvalue weighted by Gasteiger charge is 2.31. The van der Waals surface area contributed by atoms with Crippen molar-refractivity contribution in [3.63, 3.8) is 0 Å². The number of amides is 1. The maximum Gasteiger partial charge on any atom is 0.417 e. The first kappa shape index (κ1) is 23.5. The van der Waals surface area contributed by atoms with Gasteiger partial charge in [-0.1, -0.05) is 0 Å². The Labute approximate surface area is 181 Å². The smallest absolute Gasteiger partial charge is 0.417 e. The van der Waals surface area contributed by atoms with Crippen molar-refractivity contribution in [1.82, 2.24) is 9.88 Å². The summed E-state index contributed by atoms with van der Waals surface area (Å²) in [6.45, 7) is 2.04. The molecule has 172 valence electrons. The molecule has 3 rings (SSSR count). The summed E-state index contributed by atoms with van der Waals surface area (Å²) in [7, 11) is 0. The number of carbonyl (C=O) groups is 2. The largest absolute Gasteiger partial charge is 0.481 e. The van der Waals surface area contributed by atoms with Crippen LogP contribution in [-0.4, -0.2) is 59.6 Å². The van der Waals surface area contributed by atoms with E-state index >= 15 is 0 Å². The summed E-state index contributed by atoms with van der Waals surface area (Å²) in [5.74, 6) is -2.56. The molecule has 1 amide bonds. The molecule has 2 aromatic rings. The molecule has 1 unspecified atom stereocenters. The fourth-order valence-electron chi connectivity index (χ4n) is 3.41. The minimum Gasteiger partial charge on any atom is -0.481 e. The summed E-state index contributed by atoms with van der Waals surface area (Å²) in [5.41, 5.74) is -0.443. The van der Waals surface area contributed by atoms with Crippen LogP contribution in [0.15, 0.2) is 42.6 Å². The number of piperazine rings is 1. The van der Waals surface area contributed by atoms with Crippen LogP contribution in [0, 0.1) is 11.7 Å². The van der Waals surface area contributed by atoms with Crippen LogP contribution in [0.3, 0.4) is 0 Å². The molecule has 1 fully saturated rings. The zero-order valence-electron chi connectivity index (χ0n) is 17.0. The number of pyridine rings is 1. The first-order valence-corrected chi connectivity index (χ1v) is 9.90. The second kappa shape index (κ2) is 9.94. The quantitative estimate of drug-likeness (QED) is 0.626. The monoisotopic (exact) mass is 454 g/mol. The summed E-state index contributed by atoms with van der Waals surface area (Å²) in [4.78, 5) is 31.4. The molecule has 1 aromatic carbocycles. The summed E-state index contributed by atoms with van der Waals surface area (Å²) in [6.07, 6.45) is -3.89. The molecule has 0 saturated carbocycles. The first-order chi connectivity index (χ1) is 15.1. The fourth-order valence-corrected chi connectivity index (χ4v) is 3.41. The van der Waals surface area contributed by atoms with E-state index in [1.54, 1.807) is 0 Å². The van der Waals surface area contributed by atoms with Gasteiger partial charge in [0.25, 0.3) is 0 Å². The van der Waals surface area contributed by atoms with Gasteiger partial charge in [0.15, 0.2) is 0 Å². The van der Waals surface area contributed by atoms with Crippen LogP contribution in [0.25, 0.3) is 0 Å². The Morgan fingerprint density at radius 1 is 1.06 bits per heavy atom. The summed E-state index contributed by atoms with van der Waals surface area (Å²) in [5, 5.41) is 12.1. The molecule has 0 radical (unpaired) electrons. The van der Waals surface area contributed by atoms with E-state index in [0.29, 0.717) is 37.7 Å². The van der Waals surface area contributed by atoms with E-state index in [1.807, 2.05) is 9.80 Å². The van der Waals surface area contributed by atoms with Gasteiger partial charge in [0.2, 0.25) is 5.91 Å². The Hall–Kier alpha value is -3.21. The van der Waals surface area contributed by atoms with Crippen molar-refractivity contribution in [2.24, 2.45) is 5.92 Å². The Balaban J connectivity index is 1.51. The third kappa shape index (κ3) is 6.39. The number of rotatable bonds is 7. The van der Waals surface area contributed by atoms with Gasteiger partial charge in [-0.15, -0.1) is 0 Å². The maximum atomic E-state index is 13.0. The number of carboxylic acids is 1. The van der Waals surface area contributed by atoms with Gasteiger partial charge in [0, 0.05) is 51.0 Å². The molecule has 1 aliphatic heterocycles. The lowest BCUT2D eigenvalue weighted by atomic mass is 10.0. The highest BCUT2D eigenvalue weighted by Crippen LogP contribution is 2.29. The van der Waals surface area contributed by atoms with Gasteiger partial charge < -0.3 is 15.3 Å². The standard InChI is InChI=1S/C21H22F4N4O3/c22-16-2-4-17(5-3-16)27-19(30)11-14(20(31)32)13-28-7-9-29(10-8-28)18-6-1-15(12-26-18)21(23,24)25/h1-6,12,14H,7-11,13H2,(H,27,30)(H,31,32). The van der Waals surface area contributed by atoms with E-state index in [4.69, 9.17) is 0 Å². The molecule has 32 heavy (non-hydrogen) atoms. The number of anilines is 2. The summed E-state index contributed by atoms with van der Waals surface area (Å²) < 4.78 is 51.0. The Morgan fingerprint density at radius 2 is 1.72 bits per heavy atom. The molecule has 0 spiro atoms. The average molecular weight is 454 g/mol. The third-order valence-electron chi connectivity index (χ3n) is 5.16. The molecular weight excluding hydrogens is 432 g/mol. The Morgan fingerprint density at radius 3 is 2.25 bits per heavy atom. The van der Waals surface area contributed by atoms with Crippen molar-refractivity contribution in [2.45, 2.75) is 12.6 Å². The Kier molecular flexibility index (Phi) is 7.29. The number of nitrogens with zero attached hydrogens (tertiary/aromatic N) is 3. The highest BCUT2D eigenvalue weighted by atomic mass is 19.4. The minimum atomic E-state index is -4.45. The van der Waals surface area contributed by atoms with Crippen LogP contribution in [-0.2, 0) is 15.8 Å². The van der Waals surface area contributed by atoms with Crippen LogP contribution >= 0.6 is 0 Å². The van der Waals surface area contributed by atoms with Gasteiger partial charge in [0.05, 0.1) is 11.5 Å². The van der Waals surface area contributed by atoms with E-state index in [-0.39, 0.29) is 13.0 Å². The number of aliphatic carboxylic acids is 1. The number of benzene rings is 1. The topological polar surface area (TPSA) is 85.8 Å². The molecule has 2 N–H and O–H groups in total. The number of aromatic nitrogens is 1. The predicted molar refractivity (Wildman–Crippen MR) is 109 cm³/mol. The van der Waals surface area contributed by atoms with E-state index in [2.05, 4.69) is 10.3 Å². The van der Waals surface area contributed by atoms with Crippen molar-refractivity contribution >= 4 is 23.4 Å². The first-order valence-electron chi connectivity index (χ1n) is 9.90. The van der Waals surface area contributed by atoms with Gasteiger partial charge in [-0.25, -0.2) is 9.37 Å². The van der Waals surface area contributed by atoms with E-state index in [1.165, 1.54) is 30.3 Å². The molecule has 2 heterocycles. The molecule has 0 aliphatic carbocycles. The van der Waals surface area contributed by atoms with Crippen molar-refractivity contribution in [1.29, 1.82) is 0 Å². The molecular formula is C21H22F4N4O3. The Bertz CT molecular complexity index is 928. The maximum absolute atomic E-state index is 13.0. The number of alkyl halides is 3. The molecule has 1 saturated heterocycles. The molecule has 1 aromatic heterocycles. The van der Waals surface area contributed by atoms with Crippen LogP contribution in [0.2, 0.25) is 0 Å².